The molecule has 90 valence electrons. The molecule has 17 heavy (non-hydrogen) atoms. The summed E-state index contributed by atoms with van der Waals surface area (Å²) in [4.78, 5) is 7.82. The van der Waals surface area contributed by atoms with E-state index in [9.17, 15) is 8.42 Å². The lowest BCUT2D eigenvalue weighted by Gasteiger charge is -2.15. The Balaban J connectivity index is 2.22. The fourth-order valence-corrected chi connectivity index (χ4v) is 2.38. The predicted molar refractivity (Wildman–Crippen MR) is 59.3 cm³/mol. The third-order valence-electron chi connectivity index (χ3n) is 2.18. The van der Waals surface area contributed by atoms with Crippen LogP contribution in [0.15, 0.2) is 35.7 Å². The summed E-state index contributed by atoms with van der Waals surface area (Å²) in [6.07, 6.45) is 4.17. The van der Waals surface area contributed by atoms with Gasteiger partial charge in [0.15, 0.2) is 0 Å². The van der Waals surface area contributed by atoms with E-state index in [1.807, 2.05) is 0 Å². The first-order chi connectivity index (χ1) is 8.10. The van der Waals surface area contributed by atoms with E-state index in [1.54, 1.807) is 6.07 Å². The summed E-state index contributed by atoms with van der Waals surface area (Å²) in [6, 6.07) is 3.08. The van der Waals surface area contributed by atoms with Crippen LogP contribution in [0.25, 0.3) is 0 Å². The molecule has 2 rings (SSSR count). The molecule has 0 amide bonds. The molecule has 1 N–H and O–H groups in total. The summed E-state index contributed by atoms with van der Waals surface area (Å²) < 4.78 is 25.3. The summed E-state index contributed by atoms with van der Waals surface area (Å²) in [5, 5.41) is 6.27. The maximum absolute atomic E-state index is 12.1. The molecule has 0 aliphatic carbocycles. The van der Waals surface area contributed by atoms with Crippen LogP contribution in [0.1, 0.15) is 5.82 Å². The molecule has 0 aliphatic rings. The molecule has 0 bridgehead atoms. The molecule has 0 spiro atoms. The number of nitrogens with one attached hydrogen (secondary N) is 1. The standard InChI is InChI=1S/C9H11N5O2S/c1-14(6-9-11-7-12-13-9)17(15,16)8-3-2-4-10-5-8/h2-5,7H,6H2,1H3,(H,11,12,13). The zero-order valence-electron chi connectivity index (χ0n) is 9.11. The van der Waals surface area contributed by atoms with Gasteiger partial charge in [0.2, 0.25) is 10.0 Å². The van der Waals surface area contributed by atoms with Crippen LogP contribution in [0, 0.1) is 0 Å². The third-order valence-corrected chi connectivity index (χ3v) is 3.97. The van der Waals surface area contributed by atoms with Gasteiger partial charge in [0.1, 0.15) is 17.0 Å². The Morgan fingerprint density at radius 1 is 1.47 bits per heavy atom. The number of aromatic nitrogens is 4. The lowest BCUT2D eigenvalue weighted by molar-refractivity contribution is 0.457. The SMILES string of the molecule is CN(Cc1ncn[nH]1)S(=O)(=O)c1cccnc1. The predicted octanol–water partition coefficient (Wildman–Crippen LogP) is 0.0204. The van der Waals surface area contributed by atoms with Gasteiger partial charge in [-0.3, -0.25) is 10.1 Å². The highest BCUT2D eigenvalue weighted by Gasteiger charge is 2.21. The van der Waals surface area contributed by atoms with E-state index in [2.05, 4.69) is 20.2 Å². The second-order valence-corrected chi connectivity index (χ2v) is 5.43. The lowest BCUT2D eigenvalue weighted by atomic mass is 10.5. The molecule has 0 saturated carbocycles. The Kier molecular flexibility index (Phi) is 3.16. The van der Waals surface area contributed by atoms with Crippen molar-refractivity contribution < 1.29 is 8.42 Å². The summed E-state index contributed by atoms with van der Waals surface area (Å²) >= 11 is 0. The average molecular weight is 253 g/mol. The van der Waals surface area contributed by atoms with E-state index >= 15 is 0 Å². The Bertz CT molecular complexity index is 567. The summed E-state index contributed by atoms with van der Waals surface area (Å²) in [6.45, 7) is 0.136. The highest BCUT2D eigenvalue weighted by atomic mass is 32.2. The fraction of sp³-hybridized carbons (Fsp3) is 0.222. The van der Waals surface area contributed by atoms with Crippen molar-refractivity contribution in [2.45, 2.75) is 11.4 Å². The van der Waals surface area contributed by atoms with Crippen LogP contribution in [0.3, 0.4) is 0 Å². The van der Waals surface area contributed by atoms with Gasteiger partial charge in [0.25, 0.3) is 0 Å². The van der Waals surface area contributed by atoms with Gasteiger partial charge >= 0.3 is 0 Å². The minimum Gasteiger partial charge on any atom is -0.263 e. The molecule has 0 fully saturated rings. The van der Waals surface area contributed by atoms with Crippen LogP contribution in [0.4, 0.5) is 0 Å². The molecule has 2 heterocycles. The number of H-pyrrole nitrogens is 1. The Morgan fingerprint density at radius 3 is 2.88 bits per heavy atom. The maximum Gasteiger partial charge on any atom is 0.244 e. The summed E-state index contributed by atoms with van der Waals surface area (Å²) in [5.41, 5.74) is 0. The third kappa shape index (κ3) is 2.48. The number of sulfonamides is 1. The van der Waals surface area contributed by atoms with Gasteiger partial charge in [-0.1, -0.05) is 0 Å². The van der Waals surface area contributed by atoms with Gasteiger partial charge in [0, 0.05) is 19.4 Å². The van der Waals surface area contributed by atoms with Crippen molar-refractivity contribution in [3.05, 3.63) is 36.7 Å². The van der Waals surface area contributed by atoms with E-state index in [0.29, 0.717) is 5.82 Å². The molecule has 0 atom stereocenters. The number of aromatic amines is 1. The van der Waals surface area contributed by atoms with Crippen LogP contribution < -0.4 is 0 Å². The zero-order chi connectivity index (χ0) is 12.3. The van der Waals surface area contributed by atoms with E-state index in [1.165, 1.54) is 36.1 Å². The number of nitrogens with zero attached hydrogens (tertiary/aromatic N) is 4. The second-order valence-electron chi connectivity index (χ2n) is 3.38. The van der Waals surface area contributed by atoms with Crippen LogP contribution in [-0.4, -0.2) is 39.9 Å². The van der Waals surface area contributed by atoms with Gasteiger partial charge in [0.05, 0.1) is 6.54 Å². The van der Waals surface area contributed by atoms with Crippen molar-refractivity contribution in [2.75, 3.05) is 7.05 Å². The van der Waals surface area contributed by atoms with Crippen LogP contribution >= 0.6 is 0 Å². The van der Waals surface area contributed by atoms with Gasteiger partial charge in [-0.25, -0.2) is 13.4 Å². The van der Waals surface area contributed by atoms with Crippen LogP contribution in [-0.2, 0) is 16.6 Å². The largest absolute Gasteiger partial charge is 0.263 e. The maximum atomic E-state index is 12.1. The van der Waals surface area contributed by atoms with Crippen LogP contribution in [0.2, 0.25) is 0 Å². The zero-order valence-corrected chi connectivity index (χ0v) is 9.92. The van der Waals surface area contributed by atoms with Crippen molar-refractivity contribution >= 4 is 10.0 Å². The van der Waals surface area contributed by atoms with Gasteiger partial charge < -0.3 is 0 Å². The van der Waals surface area contributed by atoms with Crippen molar-refractivity contribution in [1.82, 2.24) is 24.5 Å². The molecule has 2 aromatic heterocycles. The number of hydrogen-bond acceptors (Lipinski definition) is 5. The highest BCUT2D eigenvalue weighted by Crippen LogP contribution is 2.13. The summed E-state index contributed by atoms with van der Waals surface area (Å²) in [5.74, 6) is 0.486. The molecule has 8 heteroatoms. The van der Waals surface area contributed by atoms with Gasteiger partial charge in [-0.05, 0) is 12.1 Å². The number of hydrogen-bond donors (Lipinski definition) is 1. The average Bonchev–Trinajstić information content (AvgIpc) is 2.83. The van der Waals surface area contributed by atoms with Gasteiger partial charge in [-0.2, -0.15) is 9.40 Å². The minimum atomic E-state index is -3.53. The monoisotopic (exact) mass is 253 g/mol. The lowest BCUT2D eigenvalue weighted by Crippen LogP contribution is -2.27. The molecular weight excluding hydrogens is 242 g/mol. The summed E-state index contributed by atoms with van der Waals surface area (Å²) in [7, 11) is -2.05. The number of rotatable bonds is 4. The Hall–Kier alpha value is -1.80. The van der Waals surface area contributed by atoms with Gasteiger partial charge in [-0.15, -0.1) is 0 Å². The molecule has 0 unspecified atom stereocenters. The molecule has 0 aliphatic heterocycles. The Morgan fingerprint density at radius 2 is 2.29 bits per heavy atom. The first-order valence-electron chi connectivity index (χ1n) is 4.81. The molecule has 0 radical (unpaired) electrons. The molecule has 7 nitrogen and oxygen atoms in total. The quantitative estimate of drug-likeness (QED) is 0.829. The van der Waals surface area contributed by atoms with Crippen molar-refractivity contribution in [3.63, 3.8) is 0 Å². The first kappa shape index (κ1) is 11.7. The topological polar surface area (TPSA) is 91.8 Å². The molecule has 0 aromatic carbocycles. The fourth-order valence-electron chi connectivity index (χ4n) is 1.28. The second kappa shape index (κ2) is 4.60. The van der Waals surface area contributed by atoms with E-state index in [-0.39, 0.29) is 11.4 Å². The number of pyridine rings is 1. The van der Waals surface area contributed by atoms with Crippen molar-refractivity contribution in [2.24, 2.45) is 0 Å². The van der Waals surface area contributed by atoms with Crippen LogP contribution in [0.5, 0.6) is 0 Å². The minimum absolute atomic E-state index is 0.136. The van der Waals surface area contributed by atoms with Crippen molar-refractivity contribution in [3.8, 4) is 0 Å². The molecule has 0 saturated heterocycles. The first-order valence-corrected chi connectivity index (χ1v) is 6.25. The Labute approximate surface area is 98.6 Å². The van der Waals surface area contributed by atoms with E-state index < -0.39 is 10.0 Å². The molecule has 2 aromatic rings. The molecular formula is C9H11N5O2S. The highest BCUT2D eigenvalue weighted by molar-refractivity contribution is 7.89. The van der Waals surface area contributed by atoms with Crippen molar-refractivity contribution in [1.29, 1.82) is 0 Å². The normalized spacial score (nSPS) is 11.9. The van der Waals surface area contributed by atoms with E-state index in [4.69, 9.17) is 0 Å². The smallest absolute Gasteiger partial charge is 0.244 e. The van der Waals surface area contributed by atoms with E-state index in [0.717, 1.165) is 0 Å².